The maximum absolute atomic E-state index is 12.4. The van der Waals surface area contributed by atoms with Gasteiger partial charge in [0.25, 0.3) is 5.56 Å². The van der Waals surface area contributed by atoms with Gasteiger partial charge in [0.05, 0.1) is 5.69 Å². The summed E-state index contributed by atoms with van der Waals surface area (Å²) in [6, 6.07) is 11.2. The van der Waals surface area contributed by atoms with Crippen LogP contribution in [0.3, 0.4) is 0 Å². The van der Waals surface area contributed by atoms with Crippen LogP contribution in [0.2, 0.25) is 0 Å². The van der Waals surface area contributed by atoms with E-state index < -0.39 is 0 Å². The molecule has 0 unspecified atom stereocenters. The van der Waals surface area contributed by atoms with Crippen LogP contribution in [0.4, 0.5) is 0 Å². The van der Waals surface area contributed by atoms with Crippen molar-refractivity contribution in [2.75, 3.05) is 0 Å². The molecule has 0 amide bonds. The molecule has 0 atom stereocenters. The zero-order valence-corrected chi connectivity index (χ0v) is 16.5. The van der Waals surface area contributed by atoms with Gasteiger partial charge in [-0.15, -0.1) is 0 Å². The maximum atomic E-state index is 12.4. The Balaban J connectivity index is 1.39. The monoisotopic (exact) mass is 397 g/mol. The summed E-state index contributed by atoms with van der Waals surface area (Å²) >= 11 is 1.47. The normalized spacial score (nSPS) is 15.0. The molecule has 146 valence electrons. The van der Waals surface area contributed by atoms with Gasteiger partial charge < -0.3 is 4.74 Å². The molecule has 4 rings (SSSR count). The molecule has 2 aromatic heterocycles. The number of hydrogen-bond acceptors (Lipinski definition) is 6. The molecule has 1 fully saturated rings. The standard InChI is InChI=1S/C21H23N3O3S/c25-18-13-17(14-27-19(26)12-11-15-7-3-1-4-8-15)22-21-24(18)23-20(28-21)16-9-5-2-6-10-16/h1,3-4,7-8,13,16H,2,5-6,9-12,14H2. The van der Waals surface area contributed by atoms with E-state index in [1.165, 1.54) is 41.2 Å². The lowest BCUT2D eigenvalue weighted by Gasteiger charge is -2.18. The lowest BCUT2D eigenvalue weighted by molar-refractivity contribution is -0.145. The average Bonchev–Trinajstić information content (AvgIpc) is 3.17. The van der Waals surface area contributed by atoms with E-state index in [9.17, 15) is 9.59 Å². The third-order valence-corrected chi connectivity index (χ3v) is 6.18. The van der Waals surface area contributed by atoms with E-state index in [1.54, 1.807) is 0 Å². The summed E-state index contributed by atoms with van der Waals surface area (Å²) in [6.45, 7) is 0.00995. The molecule has 1 saturated carbocycles. The number of aromatic nitrogens is 3. The number of ether oxygens (including phenoxy) is 1. The number of carbonyl (C=O) groups excluding carboxylic acids is 1. The van der Waals surface area contributed by atoms with Gasteiger partial charge in [-0.25, -0.2) is 4.98 Å². The summed E-state index contributed by atoms with van der Waals surface area (Å²) in [5.74, 6) is 0.136. The van der Waals surface area contributed by atoms with Gasteiger partial charge in [-0.1, -0.05) is 60.9 Å². The summed E-state index contributed by atoms with van der Waals surface area (Å²) in [7, 11) is 0. The first-order valence-electron chi connectivity index (χ1n) is 9.78. The maximum Gasteiger partial charge on any atom is 0.306 e. The van der Waals surface area contributed by atoms with Crippen molar-refractivity contribution in [2.45, 2.75) is 57.5 Å². The number of carbonyl (C=O) groups is 1. The van der Waals surface area contributed by atoms with E-state index in [-0.39, 0.29) is 18.1 Å². The SMILES string of the molecule is O=C(CCc1ccccc1)OCc1cc(=O)n2nc(C3CCCCC3)sc2n1. The van der Waals surface area contributed by atoms with E-state index >= 15 is 0 Å². The number of fused-ring (bicyclic) bond motifs is 1. The Morgan fingerprint density at radius 2 is 1.96 bits per heavy atom. The van der Waals surface area contributed by atoms with Gasteiger partial charge in [0.15, 0.2) is 0 Å². The highest BCUT2D eigenvalue weighted by Crippen LogP contribution is 2.34. The Morgan fingerprint density at radius 3 is 2.75 bits per heavy atom. The van der Waals surface area contributed by atoms with Crippen LogP contribution in [0.25, 0.3) is 4.96 Å². The highest BCUT2D eigenvalue weighted by Gasteiger charge is 2.20. The molecule has 0 spiro atoms. The molecular formula is C21H23N3O3S. The molecule has 0 saturated heterocycles. The average molecular weight is 398 g/mol. The van der Waals surface area contributed by atoms with Gasteiger partial charge in [0, 0.05) is 18.4 Å². The smallest absolute Gasteiger partial charge is 0.306 e. The second kappa shape index (κ2) is 8.65. The molecular weight excluding hydrogens is 374 g/mol. The van der Waals surface area contributed by atoms with E-state index in [0.29, 0.717) is 29.4 Å². The first kappa shape index (κ1) is 18.8. The van der Waals surface area contributed by atoms with E-state index in [2.05, 4.69) is 10.1 Å². The molecule has 0 bridgehead atoms. The number of aryl methyl sites for hydroxylation is 1. The van der Waals surface area contributed by atoms with Crippen molar-refractivity contribution in [3.8, 4) is 0 Å². The number of rotatable bonds is 6. The van der Waals surface area contributed by atoms with Crippen molar-refractivity contribution >= 4 is 22.3 Å². The fourth-order valence-corrected chi connectivity index (χ4v) is 4.67. The van der Waals surface area contributed by atoms with E-state index in [4.69, 9.17) is 4.74 Å². The molecule has 6 nitrogen and oxygen atoms in total. The van der Waals surface area contributed by atoms with Crippen LogP contribution in [0, 0.1) is 0 Å². The van der Waals surface area contributed by atoms with Gasteiger partial charge in [0.1, 0.15) is 11.6 Å². The Morgan fingerprint density at radius 1 is 1.18 bits per heavy atom. The number of hydrogen-bond donors (Lipinski definition) is 0. The molecule has 0 N–H and O–H groups in total. The Hall–Kier alpha value is -2.54. The minimum Gasteiger partial charge on any atom is -0.459 e. The largest absolute Gasteiger partial charge is 0.459 e. The molecule has 1 aliphatic carbocycles. The molecule has 1 aromatic carbocycles. The van der Waals surface area contributed by atoms with Crippen LogP contribution >= 0.6 is 11.3 Å². The number of esters is 1. The molecule has 0 radical (unpaired) electrons. The predicted molar refractivity (Wildman–Crippen MR) is 108 cm³/mol. The summed E-state index contributed by atoms with van der Waals surface area (Å²) < 4.78 is 6.68. The van der Waals surface area contributed by atoms with Crippen molar-refractivity contribution in [1.82, 2.24) is 14.6 Å². The lowest BCUT2D eigenvalue weighted by atomic mass is 9.90. The van der Waals surface area contributed by atoms with Crippen molar-refractivity contribution in [2.24, 2.45) is 0 Å². The Kier molecular flexibility index (Phi) is 5.81. The van der Waals surface area contributed by atoms with Crippen molar-refractivity contribution in [3.63, 3.8) is 0 Å². The van der Waals surface area contributed by atoms with Gasteiger partial charge in [0.2, 0.25) is 4.96 Å². The van der Waals surface area contributed by atoms with Gasteiger partial charge in [-0.05, 0) is 24.8 Å². The minimum absolute atomic E-state index is 0.00995. The van der Waals surface area contributed by atoms with Crippen LogP contribution in [-0.4, -0.2) is 20.6 Å². The van der Waals surface area contributed by atoms with Crippen LogP contribution in [-0.2, 0) is 22.6 Å². The summed E-state index contributed by atoms with van der Waals surface area (Å²) in [6.07, 6.45) is 6.90. The molecule has 1 aliphatic rings. The second-order valence-electron chi connectivity index (χ2n) is 7.20. The molecule has 2 heterocycles. The topological polar surface area (TPSA) is 73.6 Å². The van der Waals surface area contributed by atoms with Crippen molar-refractivity contribution in [1.29, 1.82) is 0 Å². The van der Waals surface area contributed by atoms with Crippen LogP contribution in [0.15, 0.2) is 41.2 Å². The van der Waals surface area contributed by atoms with E-state index in [1.807, 2.05) is 30.3 Å². The quantitative estimate of drug-likeness (QED) is 0.590. The predicted octanol–water partition coefficient (Wildman–Crippen LogP) is 3.87. The number of nitrogens with zero attached hydrogens (tertiary/aromatic N) is 3. The first-order chi connectivity index (χ1) is 13.7. The zero-order valence-electron chi connectivity index (χ0n) is 15.7. The molecule has 28 heavy (non-hydrogen) atoms. The van der Waals surface area contributed by atoms with Crippen molar-refractivity contribution in [3.05, 3.63) is 63.0 Å². The van der Waals surface area contributed by atoms with Crippen LogP contribution in [0.1, 0.15) is 60.7 Å². The van der Waals surface area contributed by atoms with E-state index in [0.717, 1.165) is 23.4 Å². The van der Waals surface area contributed by atoms with Gasteiger partial charge in [-0.3, -0.25) is 9.59 Å². The third kappa shape index (κ3) is 4.47. The Bertz CT molecular complexity index is 1010. The van der Waals surface area contributed by atoms with Crippen molar-refractivity contribution < 1.29 is 9.53 Å². The summed E-state index contributed by atoms with van der Waals surface area (Å²) in [4.78, 5) is 29.4. The fraction of sp³-hybridized carbons (Fsp3) is 0.429. The third-order valence-electron chi connectivity index (χ3n) is 5.11. The lowest BCUT2D eigenvalue weighted by Crippen LogP contribution is -2.17. The minimum atomic E-state index is -0.293. The van der Waals surface area contributed by atoms with Gasteiger partial charge >= 0.3 is 5.97 Å². The van der Waals surface area contributed by atoms with Crippen LogP contribution in [0.5, 0.6) is 0 Å². The van der Waals surface area contributed by atoms with Gasteiger partial charge in [-0.2, -0.15) is 9.61 Å². The zero-order chi connectivity index (χ0) is 19.3. The Labute approximate surface area is 167 Å². The summed E-state index contributed by atoms with van der Waals surface area (Å²) in [5.41, 5.74) is 1.34. The summed E-state index contributed by atoms with van der Waals surface area (Å²) in [5, 5.41) is 5.48. The highest BCUT2D eigenvalue weighted by atomic mass is 32.1. The second-order valence-corrected chi connectivity index (χ2v) is 8.19. The number of benzene rings is 1. The highest BCUT2D eigenvalue weighted by molar-refractivity contribution is 7.16. The van der Waals surface area contributed by atoms with Crippen LogP contribution < -0.4 is 5.56 Å². The molecule has 0 aliphatic heterocycles. The molecule has 7 heteroatoms. The first-order valence-corrected chi connectivity index (χ1v) is 10.6. The molecule has 3 aromatic rings. The fourth-order valence-electron chi connectivity index (χ4n) is 3.58.